The first-order valence-electron chi connectivity index (χ1n) is 10.5. The molecule has 1 aliphatic heterocycles. The van der Waals surface area contributed by atoms with Gasteiger partial charge in [0.05, 0.1) is 0 Å². The number of nitrogens with zero attached hydrogens (tertiary/aromatic N) is 2. The van der Waals surface area contributed by atoms with E-state index in [1.54, 1.807) is 0 Å². The number of piperidine rings is 1. The molecule has 3 nitrogen and oxygen atoms in total. The Morgan fingerprint density at radius 3 is 1.60 bits per heavy atom. The van der Waals surface area contributed by atoms with Crippen LogP contribution in [0.3, 0.4) is 0 Å². The van der Waals surface area contributed by atoms with Gasteiger partial charge >= 0.3 is 0 Å². The fourth-order valence-corrected chi connectivity index (χ4v) is 4.57. The van der Waals surface area contributed by atoms with Gasteiger partial charge in [0.1, 0.15) is 11.3 Å². The summed E-state index contributed by atoms with van der Waals surface area (Å²) < 4.78 is 0. The molecule has 152 valence electrons. The van der Waals surface area contributed by atoms with E-state index in [1.807, 2.05) is 19.0 Å². The Morgan fingerprint density at radius 2 is 1.20 bits per heavy atom. The van der Waals surface area contributed by atoms with Crippen molar-refractivity contribution < 1.29 is 4.79 Å². The summed E-state index contributed by atoms with van der Waals surface area (Å²) in [7, 11) is 4.03. The third-order valence-corrected chi connectivity index (χ3v) is 5.73. The first-order chi connectivity index (χ1) is 14.6. The minimum Gasteiger partial charge on any atom is -0.382 e. The lowest BCUT2D eigenvalue weighted by Crippen LogP contribution is -2.50. The minimum absolute atomic E-state index is 0.294. The van der Waals surface area contributed by atoms with Crippen LogP contribution in [0.2, 0.25) is 0 Å². The molecule has 3 heteroatoms. The summed E-state index contributed by atoms with van der Waals surface area (Å²) in [6.07, 6.45) is 3.10. The highest BCUT2D eigenvalue weighted by molar-refractivity contribution is 5.82. The highest BCUT2D eigenvalue weighted by atomic mass is 16.1. The van der Waals surface area contributed by atoms with Crippen molar-refractivity contribution in [3.63, 3.8) is 0 Å². The van der Waals surface area contributed by atoms with Crippen LogP contribution in [-0.4, -0.2) is 36.2 Å². The zero-order chi connectivity index (χ0) is 21.0. The topological polar surface area (TPSA) is 23.6 Å². The SMILES string of the molecule is CN(C)/C=C1/CC(=O)CCN1C(c1ccccc1)(c1ccccc1)c1ccccc1. The monoisotopic (exact) mass is 396 g/mol. The second kappa shape index (κ2) is 8.58. The maximum absolute atomic E-state index is 12.5. The Labute approximate surface area is 179 Å². The Kier molecular flexibility index (Phi) is 5.71. The highest BCUT2D eigenvalue weighted by Gasteiger charge is 2.44. The molecule has 0 amide bonds. The summed E-state index contributed by atoms with van der Waals surface area (Å²) in [5.74, 6) is 0.294. The molecule has 0 saturated carbocycles. The molecule has 3 aromatic carbocycles. The average Bonchev–Trinajstić information content (AvgIpc) is 2.77. The van der Waals surface area contributed by atoms with Crippen LogP contribution in [0.25, 0.3) is 0 Å². The Hall–Kier alpha value is -3.33. The van der Waals surface area contributed by atoms with E-state index >= 15 is 0 Å². The molecule has 3 aromatic rings. The van der Waals surface area contributed by atoms with E-state index in [2.05, 4.69) is 102 Å². The van der Waals surface area contributed by atoms with Gasteiger partial charge in [-0.15, -0.1) is 0 Å². The van der Waals surface area contributed by atoms with Crippen molar-refractivity contribution in [1.82, 2.24) is 9.80 Å². The van der Waals surface area contributed by atoms with Crippen molar-refractivity contribution in [3.8, 4) is 0 Å². The summed E-state index contributed by atoms with van der Waals surface area (Å²) in [6, 6.07) is 31.9. The molecule has 0 spiro atoms. The molecule has 4 rings (SSSR count). The largest absolute Gasteiger partial charge is 0.382 e. The van der Waals surface area contributed by atoms with E-state index in [9.17, 15) is 4.79 Å². The molecule has 0 N–H and O–H groups in total. The van der Waals surface area contributed by atoms with Gasteiger partial charge in [0, 0.05) is 45.4 Å². The van der Waals surface area contributed by atoms with Crippen LogP contribution < -0.4 is 0 Å². The molecular weight excluding hydrogens is 368 g/mol. The first-order valence-corrected chi connectivity index (χ1v) is 10.5. The van der Waals surface area contributed by atoms with Gasteiger partial charge < -0.3 is 9.80 Å². The van der Waals surface area contributed by atoms with Crippen LogP contribution >= 0.6 is 0 Å². The van der Waals surface area contributed by atoms with Gasteiger partial charge in [-0.25, -0.2) is 0 Å². The van der Waals surface area contributed by atoms with Gasteiger partial charge in [0.25, 0.3) is 0 Å². The van der Waals surface area contributed by atoms with E-state index < -0.39 is 5.54 Å². The molecule has 1 aliphatic rings. The quantitative estimate of drug-likeness (QED) is 0.564. The maximum Gasteiger partial charge on any atom is 0.140 e. The van der Waals surface area contributed by atoms with Gasteiger partial charge in [-0.05, 0) is 16.7 Å². The van der Waals surface area contributed by atoms with Gasteiger partial charge in [-0.1, -0.05) is 91.0 Å². The number of rotatable bonds is 5. The van der Waals surface area contributed by atoms with E-state index in [4.69, 9.17) is 0 Å². The number of benzene rings is 3. The van der Waals surface area contributed by atoms with Crippen molar-refractivity contribution in [2.75, 3.05) is 20.6 Å². The van der Waals surface area contributed by atoms with Crippen molar-refractivity contribution >= 4 is 5.78 Å². The van der Waals surface area contributed by atoms with Crippen molar-refractivity contribution in [2.45, 2.75) is 18.4 Å². The molecule has 0 unspecified atom stereocenters. The Bertz CT molecular complexity index is 914. The van der Waals surface area contributed by atoms with Crippen molar-refractivity contribution in [3.05, 3.63) is 120 Å². The zero-order valence-corrected chi connectivity index (χ0v) is 17.7. The Balaban J connectivity index is 2.06. The zero-order valence-electron chi connectivity index (χ0n) is 17.7. The number of allylic oxidation sites excluding steroid dienone is 1. The Morgan fingerprint density at radius 1 is 0.767 bits per heavy atom. The van der Waals surface area contributed by atoms with Gasteiger partial charge in [-0.3, -0.25) is 4.79 Å². The second-order valence-electron chi connectivity index (χ2n) is 8.01. The first kappa shape index (κ1) is 20.0. The van der Waals surface area contributed by atoms with E-state index in [0.717, 1.165) is 5.70 Å². The molecule has 0 radical (unpaired) electrons. The minimum atomic E-state index is -0.522. The number of hydrogen-bond acceptors (Lipinski definition) is 3. The molecule has 1 saturated heterocycles. The summed E-state index contributed by atoms with van der Waals surface area (Å²) in [6.45, 7) is 0.678. The highest BCUT2D eigenvalue weighted by Crippen LogP contribution is 2.45. The smallest absolute Gasteiger partial charge is 0.140 e. The van der Waals surface area contributed by atoms with Crippen LogP contribution in [0.15, 0.2) is 103 Å². The van der Waals surface area contributed by atoms with Crippen LogP contribution in [0, 0.1) is 0 Å². The summed E-state index contributed by atoms with van der Waals surface area (Å²) in [5, 5.41) is 0. The van der Waals surface area contributed by atoms with Crippen LogP contribution in [0.5, 0.6) is 0 Å². The van der Waals surface area contributed by atoms with E-state index in [0.29, 0.717) is 25.2 Å². The van der Waals surface area contributed by atoms with E-state index in [-0.39, 0.29) is 0 Å². The normalized spacial score (nSPS) is 16.0. The van der Waals surface area contributed by atoms with Gasteiger partial charge in [0.15, 0.2) is 0 Å². The van der Waals surface area contributed by atoms with Gasteiger partial charge in [0.2, 0.25) is 0 Å². The molecule has 30 heavy (non-hydrogen) atoms. The number of carbonyl (C=O) groups excluding carboxylic acids is 1. The lowest BCUT2D eigenvalue weighted by Gasteiger charge is -2.49. The standard InChI is InChI=1S/C27H28N2O/c1-28(2)21-25-20-26(30)18-19-29(25)27(22-12-6-3-7-13-22,23-14-8-4-9-15-23)24-16-10-5-11-17-24/h3-17,21H,18-20H2,1-2H3/b25-21-. The summed E-state index contributed by atoms with van der Waals surface area (Å²) in [5.41, 5.74) is 4.11. The summed E-state index contributed by atoms with van der Waals surface area (Å²) >= 11 is 0. The molecule has 0 aliphatic carbocycles. The number of hydrogen-bond donors (Lipinski definition) is 0. The third-order valence-electron chi connectivity index (χ3n) is 5.73. The number of Topliss-reactive ketones (excluding diaryl/α,β-unsaturated/α-hetero) is 1. The third kappa shape index (κ3) is 3.63. The van der Waals surface area contributed by atoms with Crippen molar-refractivity contribution in [2.24, 2.45) is 0 Å². The maximum atomic E-state index is 12.5. The number of carbonyl (C=O) groups is 1. The molecule has 0 aromatic heterocycles. The van der Waals surface area contributed by atoms with Crippen LogP contribution in [0.1, 0.15) is 29.5 Å². The van der Waals surface area contributed by atoms with Crippen LogP contribution in [0.4, 0.5) is 0 Å². The lowest BCUT2D eigenvalue weighted by molar-refractivity contribution is -0.120. The van der Waals surface area contributed by atoms with Crippen molar-refractivity contribution in [1.29, 1.82) is 0 Å². The number of ketones is 1. The molecule has 0 atom stereocenters. The lowest BCUT2D eigenvalue weighted by atomic mass is 9.74. The molecule has 0 bridgehead atoms. The average molecular weight is 397 g/mol. The fraction of sp³-hybridized carbons (Fsp3) is 0.222. The van der Waals surface area contributed by atoms with E-state index in [1.165, 1.54) is 16.7 Å². The van der Waals surface area contributed by atoms with Crippen LogP contribution in [-0.2, 0) is 10.3 Å². The predicted molar refractivity (Wildman–Crippen MR) is 122 cm³/mol. The fourth-order valence-electron chi connectivity index (χ4n) is 4.57. The molecule has 1 fully saturated rings. The van der Waals surface area contributed by atoms with Gasteiger partial charge in [-0.2, -0.15) is 0 Å². The molecular formula is C27H28N2O. The second-order valence-corrected chi connectivity index (χ2v) is 8.01. The summed E-state index contributed by atoms with van der Waals surface area (Å²) in [4.78, 5) is 16.9. The number of likely N-dealkylation sites (tertiary alicyclic amines) is 1. The predicted octanol–water partition coefficient (Wildman–Crippen LogP) is 5.05. The molecule has 1 heterocycles.